The number of hydrogen-bond acceptors (Lipinski definition) is 5. The molecule has 0 spiro atoms. The van der Waals surface area contributed by atoms with Crippen molar-refractivity contribution in [1.82, 2.24) is 10.3 Å². The fourth-order valence-electron chi connectivity index (χ4n) is 2.42. The number of carbonyl (C=O) groups is 2. The number of amidine groups is 1. The lowest BCUT2D eigenvalue weighted by Gasteiger charge is -2.23. The van der Waals surface area contributed by atoms with Gasteiger partial charge in [0.1, 0.15) is 5.37 Å². The number of amides is 2. The zero-order valence-corrected chi connectivity index (χ0v) is 14.7. The van der Waals surface area contributed by atoms with Crippen molar-refractivity contribution >= 4 is 34.4 Å². The van der Waals surface area contributed by atoms with Crippen molar-refractivity contribution in [3.05, 3.63) is 29.8 Å². The number of nitrogens with one attached hydrogen (secondary N) is 1. The van der Waals surface area contributed by atoms with Crippen LogP contribution in [0.25, 0.3) is 0 Å². The van der Waals surface area contributed by atoms with Gasteiger partial charge in [0, 0.05) is 32.6 Å². The van der Waals surface area contributed by atoms with Gasteiger partial charge in [0.05, 0.1) is 0 Å². The molecule has 0 radical (unpaired) electrons. The molecule has 23 heavy (non-hydrogen) atoms. The SMILES string of the molecule is CCN(CC)c1ccc(C2SC(NC(C)=O)=NN2C(C)=O)cc1. The fraction of sp³-hybridized carbons (Fsp3) is 0.438. The first-order valence-electron chi connectivity index (χ1n) is 7.63. The van der Waals surface area contributed by atoms with E-state index in [-0.39, 0.29) is 17.2 Å². The Balaban J connectivity index is 2.20. The van der Waals surface area contributed by atoms with Crippen LogP contribution >= 0.6 is 11.8 Å². The van der Waals surface area contributed by atoms with Crippen molar-refractivity contribution in [3.63, 3.8) is 0 Å². The van der Waals surface area contributed by atoms with Crippen molar-refractivity contribution < 1.29 is 9.59 Å². The molecule has 1 aliphatic heterocycles. The van der Waals surface area contributed by atoms with Gasteiger partial charge in [-0.05, 0) is 31.5 Å². The smallest absolute Gasteiger partial charge is 0.241 e. The van der Waals surface area contributed by atoms with E-state index in [4.69, 9.17) is 0 Å². The van der Waals surface area contributed by atoms with E-state index in [1.807, 2.05) is 12.1 Å². The third-order valence-electron chi connectivity index (χ3n) is 3.56. The van der Waals surface area contributed by atoms with Gasteiger partial charge >= 0.3 is 0 Å². The third kappa shape index (κ3) is 4.04. The molecule has 1 aliphatic rings. The Bertz CT molecular complexity index is 611. The quantitative estimate of drug-likeness (QED) is 0.919. The van der Waals surface area contributed by atoms with E-state index in [0.29, 0.717) is 5.17 Å². The van der Waals surface area contributed by atoms with Gasteiger partial charge in [-0.15, -0.1) is 5.10 Å². The van der Waals surface area contributed by atoms with E-state index in [1.165, 1.54) is 30.6 Å². The Labute approximate surface area is 140 Å². The molecule has 1 atom stereocenters. The summed E-state index contributed by atoms with van der Waals surface area (Å²) in [5.74, 6) is -0.354. The van der Waals surface area contributed by atoms with Crippen LogP contribution in [0.4, 0.5) is 5.69 Å². The summed E-state index contributed by atoms with van der Waals surface area (Å²) >= 11 is 1.36. The fourth-order valence-corrected chi connectivity index (χ4v) is 3.56. The lowest BCUT2D eigenvalue weighted by molar-refractivity contribution is -0.129. The van der Waals surface area contributed by atoms with Gasteiger partial charge < -0.3 is 10.2 Å². The molecule has 0 aliphatic carbocycles. The van der Waals surface area contributed by atoms with Crippen LogP contribution in [0.1, 0.15) is 38.6 Å². The minimum absolute atomic E-state index is 0.157. The van der Waals surface area contributed by atoms with Gasteiger partial charge in [-0.2, -0.15) is 0 Å². The highest BCUT2D eigenvalue weighted by atomic mass is 32.2. The summed E-state index contributed by atoms with van der Waals surface area (Å²) < 4.78 is 0. The third-order valence-corrected chi connectivity index (χ3v) is 4.66. The molecule has 2 rings (SSSR count). The Morgan fingerprint density at radius 1 is 1.22 bits per heavy atom. The van der Waals surface area contributed by atoms with E-state index >= 15 is 0 Å². The normalized spacial score (nSPS) is 17.0. The number of hydrogen-bond donors (Lipinski definition) is 1. The van der Waals surface area contributed by atoms with Crippen LogP contribution in [0.3, 0.4) is 0 Å². The molecule has 1 aromatic carbocycles. The van der Waals surface area contributed by atoms with Crippen molar-refractivity contribution in [3.8, 4) is 0 Å². The maximum Gasteiger partial charge on any atom is 0.241 e. The highest BCUT2D eigenvalue weighted by molar-refractivity contribution is 8.14. The second-order valence-corrected chi connectivity index (χ2v) is 6.25. The summed E-state index contributed by atoms with van der Waals surface area (Å²) in [5.41, 5.74) is 2.13. The molecule has 1 heterocycles. The average Bonchev–Trinajstić information content (AvgIpc) is 2.92. The van der Waals surface area contributed by atoms with Crippen molar-refractivity contribution in [2.45, 2.75) is 33.1 Å². The second kappa shape index (κ2) is 7.50. The Hall–Kier alpha value is -2.02. The summed E-state index contributed by atoms with van der Waals surface area (Å²) in [6, 6.07) is 8.12. The van der Waals surface area contributed by atoms with E-state index in [2.05, 4.69) is 41.3 Å². The van der Waals surface area contributed by atoms with E-state index < -0.39 is 0 Å². The molecule has 6 nitrogen and oxygen atoms in total. The van der Waals surface area contributed by atoms with Gasteiger partial charge in [0.15, 0.2) is 5.17 Å². The number of anilines is 1. The summed E-state index contributed by atoms with van der Waals surface area (Å²) in [7, 11) is 0. The first kappa shape index (κ1) is 17.3. The van der Waals surface area contributed by atoms with E-state index in [0.717, 1.165) is 24.3 Å². The van der Waals surface area contributed by atoms with Crippen LogP contribution in [-0.2, 0) is 9.59 Å². The maximum atomic E-state index is 11.8. The Kier molecular flexibility index (Phi) is 5.65. The lowest BCUT2D eigenvalue weighted by Crippen LogP contribution is -2.25. The van der Waals surface area contributed by atoms with Gasteiger partial charge in [0.25, 0.3) is 0 Å². The highest BCUT2D eigenvalue weighted by Crippen LogP contribution is 2.39. The van der Waals surface area contributed by atoms with Crippen LogP contribution in [0.2, 0.25) is 0 Å². The first-order chi connectivity index (χ1) is 11.0. The molecule has 0 fully saturated rings. The summed E-state index contributed by atoms with van der Waals surface area (Å²) in [6.07, 6.45) is 0. The van der Waals surface area contributed by atoms with Gasteiger partial charge in [-0.3, -0.25) is 9.59 Å². The zero-order chi connectivity index (χ0) is 17.0. The standard InChI is InChI=1S/C16H22N4O2S/c1-5-19(6-2)14-9-7-13(8-10-14)15-20(12(4)22)18-16(23-15)17-11(3)21/h7-10,15H,5-6H2,1-4H3,(H,17,18,21). The molecule has 0 saturated heterocycles. The molecule has 0 aromatic heterocycles. The molecule has 0 bridgehead atoms. The zero-order valence-electron chi connectivity index (χ0n) is 13.9. The summed E-state index contributed by atoms with van der Waals surface area (Å²) in [5, 5.41) is 8.45. The average molecular weight is 334 g/mol. The number of carbonyl (C=O) groups excluding carboxylic acids is 2. The molecule has 1 unspecified atom stereocenters. The maximum absolute atomic E-state index is 11.8. The molecular weight excluding hydrogens is 312 g/mol. The molecule has 1 aromatic rings. The number of hydrazone groups is 1. The van der Waals surface area contributed by atoms with E-state index in [1.54, 1.807) is 0 Å². The topological polar surface area (TPSA) is 65.0 Å². The predicted molar refractivity (Wildman–Crippen MR) is 94.1 cm³/mol. The molecular formula is C16H22N4O2S. The van der Waals surface area contributed by atoms with Gasteiger partial charge in [-0.1, -0.05) is 23.9 Å². The van der Waals surface area contributed by atoms with Crippen molar-refractivity contribution in [2.24, 2.45) is 5.10 Å². The van der Waals surface area contributed by atoms with Crippen LogP contribution in [0.15, 0.2) is 29.4 Å². The minimum atomic E-state index is -0.250. The van der Waals surface area contributed by atoms with Crippen LogP contribution < -0.4 is 10.2 Å². The highest BCUT2D eigenvalue weighted by Gasteiger charge is 2.32. The van der Waals surface area contributed by atoms with E-state index in [9.17, 15) is 9.59 Å². The lowest BCUT2D eigenvalue weighted by atomic mass is 10.2. The van der Waals surface area contributed by atoms with Gasteiger partial charge in [0.2, 0.25) is 11.8 Å². The number of thioether (sulfide) groups is 1. The van der Waals surface area contributed by atoms with Crippen LogP contribution in [-0.4, -0.2) is 35.1 Å². The predicted octanol–water partition coefficient (Wildman–Crippen LogP) is 2.53. The van der Waals surface area contributed by atoms with Crippen LogP contribution in [0.5, 0.6) is 0 Å². The number of benzene rings is 1. The molecule has 2 amide bonds. The summed E-state index contributed by atoms with van der Waals surface area (Å²) in [6.45, 7) is 9.03. The molecule has 7 heteroatoms. The monoisotopic (exact) mass is 334 g/mol. The van der Waals surface area contributed by atoms with Gasteiger partial charge in [-0.25, -0.2) is 5.01 Å². The Morgan fingerprint density at radius 2 is 1.83 bits per heavy atom. The molecule has 0 saturated carbocycles. The number of nitrogens with zero attached hydrogens (tertiary/aromatic N) is 3. The molecule has 1 N–H and O–H groups in total. The van der Waals surface area contributed by atoms with Crippen LogP contribution in [0, 0.1) is 0 Å². The largest absolute Gasteiger partial charge is 0.372 e. The Morgan fingerprint density at radius 3 is 2.30 bits per heavy atom. The second-order valence-electron chi connectivity index (χ2n) is 5.18. The van der Waals surface area contributed by atoms with Crippen molar-refractivity contribution in [2.75, 3.05) is 18.0 Å². The molecule has 124 valence electrons. The minimum Gasteiger partial charge on any atom is -0.372 e. The number of rotatable bonds is 4. The summed E-state index contributed by atoms with van der Waals surface area (Å²) in [4.78, 5) is 25.3. The van der Waals surface area contributed by atoms with Crippen molar-refractivity contribution in [1.29, 1.82) is 0 Å². The first-order valence-corrected chi connectivity index (χ1v) is 8.51.